The Morgan fingerprint density at radius 2 is 2.24 bits per heavy atom. The minimum atomic E-state index is -0.664. The molecule has 1 aliphatic rings. The van der Waals surface area contributed by atoms with Crippen molar-refractivity contribution in [3.63, 3.8) is 0 Å². The molecular weight excluding hydrogens is 214 g/mol. The number of likely N-dealkylation sites (N-methyl/N-ethyl adjacent to an activating group) is 1. The highest BCUT2D eigenvalue weighted by molar-refractivity contribution is 5.79. The van der Waals surface area contributed by atoms with Gasteiger partial charge in [0.05, 0.1) is 12.6 Å². The molecule has 0 radical (unpaired) electrons. The van der Waals surface area contributed by atoms with Gasteiger partial charge in [0.2, 0.25) is 5.91 Å². The molecule has 1 amide bonds. The van der Waals surface area contributed by atoms with Crippen LogP contribution in [0.15, 0.2) is 0 Å². The summed E-state index contributed by atoms with van der Waals surface area (Å²) in [5.74, 6) is 0.303. The van der Waals surface area contributed by atoms with E-state index < -0.39 is 5.54 Å². The number of nitrogens with zero attached hydrogens (tertiary/aromatic N) is 2. The summed E-state index contributed by atoms with van der Waals surface area (Å²) in [6.45, 7) is 5.27. The van der Waals surface area contributed by atoms with E-state index in [2.05, 4.69) is 18.3 Å². The molecule has 1 unspecified atom stereocenters. The first-order valence-electron chi connectivity index (χ1n) is 6.42. The third-order valence-corrected chi connectivity index (χ3v) is 3.33. The van der Waals surface area contributed by atoms with Gasteiger partial charge in [-0.25, -0.2) is 0 Å². The van der Waals surface area contributed by atoms with Gasteiger partial charge in [0.1, 0.15) is 5.54 Å². The summed E-state index contributed by atoms with van der Waals surface area (Å²) in [5.41, 5.74) is -0.664. The van der Waals surface area contributed by atoms with Crippen molar-refractivity contribution >= 4 is 5.91 Å². The predicted octanol–water partition coefficient (Wildman–Crippen LogP) is 1.53. The van der Waals surface area contributed by atoms with Crippen LogP contribution in [-0.4, -0.2) is 36.5 Å². The Balaban J connectivity index is 2.35. The van der Waals surface area contributed by atoms with Crippen LogP contribution in [0.4, 0.5) is 0 Å². The number of hydrogen-bond donors (Lipinski definition) is 1. The second kappa shape index (κ2) is 6.02. The summed E-state index contributed by atoms with van der Waals surface area (Å²) in [5, 5.41) is 12.0. The SMILES string of the molecule is CCCCN(C)CC(=O)NC(C)(C#N)C1CC1. The summed E-state index contributed by atoms with van der Waals surface area (Å²) in [4.78, 5) is 13.8. The third-order valence-electron chi connectivity index (χ3n) is 3.33. The van der Waals surface area contributed by atoms with E-state index in [0.29, 0.717) is 12.5 Å². The van der Waals surface area contributed by atoms with Gasteiger partial charge in [-0.1, -0.05) is 13.3 Å². The zero-order valence-electron chi connectivity index (χ0n) is 11.1. The minimum absolute atomic E-state index is 0.0421. The molecule has 1 saturated carbocycles. The average molecular weight is 237 g/mol. The number of unbranched alkanes of at least 4 members (excludes halogenated alkanes) is 1. The highest BCUT2D eigenvalue weighted by Gasteiger charge is 2.42. The van der Waals surface area contributed by atoms with Gasteiger partial charge in [-0.05, 0) is 45.7 Å². The van der Waals surface area contributed by atoms with Gasteiger partial charge in [0.15, 0.2) is 0 Å². The van der Waals surface area contributed by atoms with E-state index in [9.17, 15) is 4.79 Å². The molecule has 0 bridgehead atoms. The van der Waals surface area contributed by atoms with Crippen molar-refractivity contribution < 1.29 is 4.79 Å². The fraction of sp³-hybridized carbons (Fsp3) is 0.846. The van der Waals surface area contributed by atoms with Crippen molar-refractivity contribution in [1.29, 1.82) is 5.26 Å². The molecule has 1 N–H and O–H groups in total. The minimum Gasteiger partial charge on any atom is -0.337 e. The Bertz CT molecular complexity index is 306. The van der Waals surface area contributed by atoms with Gasteiger partial charge in [-0.15, -0.1) is 0 Å². The maximum Gasteiger partial charge on any atom is 0.235 e. The van der Waals surface area contributed by atoms with Gasteiger partial charge >= 0.3 is 0 Å². The summed E-state index contributed by atoms with van der Waals surface area (Å²) < 4.78 is 0. The van der Waals surface area contributed by atoms with Crippen LogP contribution in [0.2, 0.25) is 0 Å². The van der Waals surface area contributed by atoms with Gasteiger partial charge < -0.3 is 5.32 Å². The van der Waals surface area contributed by atoms with E-state index in [1.807, 2.05) is 18.9 Å². The molecule has 0 heterocycles. The van der Waals surface area contributed by atoms with Gasteiger partial charge in [-0.3, -0.25) is 9.69 Å². The van der Waals surface area contributed by atoms with Crippen LogP contribution in [0.3, 0.4) is 0 Å². The van der Waals surface area contributed by atoms with Gasteiger partial charge in [-0.2, -0.15) is 5.26 Å². The second-order valence-electron chi connectivity index (χ2n) is 5.23. The Kier molecular flexibility index (Phi) is 4.95. The maximum atomic E-state index is 11.8. The number of carbonyl (C=O) groups excluding carboxylic acids is 1. The molecule has 17 heavy (non-hydrogen) atoms. The summed E-state index contributed by atoms with van der Waals surface area (Å²) in [6.07, 6.45) is 4.33. The number of rotatable bonds is 7. The van der Waals surface area contributed by atoms with Crippen LogP contribution in [0, 0.1) is 17.2 Å². The second-order valence-corrected chi connectivity index (χ2v) is 5.23. The zero-order chi connectivity index (χ0) is 12.9. The van der Waals surface area contributed by atoms with E-state index >= 15 is 0 Å². The lowest BCUT2D eigenvalue weighted by Crippen LogP contribution is -2.49. The van der Waals surface area contributed by atoms with Crippen molar-refractivity contribution in [2.75, 3.05) is 20.1 Å². The Hall–Kier alpha value is -1.08. The normalized spacial score (nSPS) is 18.5. The lowest BCUT2D eigenvalue weighted by Gasteiger charge is -2.24. The van der Waals surface area contributed by atoms with Crippen molar-refractivity contribution in [3.8, 4) is 6.07 Å². The van der Waals surface area contributed by atoms with E-state index in [4.69, 9.17) is 5.26 Å². The van der Waals surface area contributed by atoms with Crippen LogP contribution in [0.1, 0.15) is 39.5 Å². The van der Waals surface area contributed by atoms with Crippen molar-refractivity contribution in [2.24, 2.45) is 5.92 Å². The lowest BCUT2D eigenvalue weighted by atomic mass is 9.98. The van der Waals surface area contributed by atoms with Crippen LogP contribution >= 0.6 is 0 Å². The topological polar surface area (TPSA) is 56.1 Å². The molecule has 0 saturated heterocycles. The summed E-state index contributed by atoms with van der Waals surface area (Å²) in [6, 6.07) is 2.24. The summed E-state index contributed by atoms with van der Waals surface area (Å²) >= 11 is 0. The molecular formula is C13H23N3O. The fourth-order valence-electron chi connectivity index (χ4n) is 1.96. The smallest absolute Gasteiger partial charge is 0.235 e. The standard InChI is InChI=1S/C13H23N3O/c1-4-5-8-16(3)9-12(17)15-13(2,10-14)11-6-7-11/h11H,4-9H2,1-3H3,(H,15,17). The van der Waals surface area contributed by atoms with E-state index in [0.717, 1.165) is 32.2 Å². The first kappa shape index (κ1) is 14.0. The van der Waals surface area contributed by atoms with Crippen LogP contribution in [-0.2, 0) is 4.79 Å². The molecule has 1 fully saturated rings. The first-order chi connectivity index (χ1) is 8.01. The summed E-state index contributed by atoms with van der Waals surface area (Å²) in [7, 11) is 1.94. The number of nitriles is 1. The molecule has 4 nitrogen and oxygen atoms in total. The number of carbonyl (C=O) groups is 1. The molecule has 1 aliphatic carbocycles. The van der Waals surface area contributed by atoms with Crippen LogP contribution < -0.4 is 5.32 Å². The van der Waals surface area contributed by atoms with E-state index in [-0.39, 0.29) is 5.91 Å². The van der Waals surface area contributed by atoms with Crippen LogP contribution in [0.25, 0.3) is 0 Å². The molecule has 4 heteroatoms. The quantitative estimate of drug-likeness (QED) is 0.730. The predicted molar refractivity (Wildman–Crippen MR) is 67.3 cm³/mol. The number of hydrogen-bond acceptors (Lipinski definition) is 3. The molecule has 1 rings (SSSR count). The van der Waals surface area contributed by atoms with Crippen molar-refractivity contribution in [2.45, 2.75) is 45.1 Å². The fourth-order valence-corrected chi connectivity index (χ4v) is 1.96. The van der Waals surface area contributed by atoms with Crippen molar-refractivity contribution in [1.82, 2.24) is 10.2 Å². The van der Waals surface area contributed by atoms with E-state index in [1.54, 1.807) is 0 Å². The highest BCUT2D eigenvalue weighted by Crippen LogP contribution is 2.39. The third kappa shape index (κ3) is 4.35. The molecule has 96 valence electrons. The van der Waals surface area contributed by atoms with Gasteiger partial charge in [0, 0.05) is 0 Å². The Morgan fingerprint density at radius 1 is 1.59 bits per heavy atom. The maximum absolute atomic E-state index is 11.8. The Morgan fingerprint density at radius 3 is 2.71 bits per heavy atom. The Labute approximate surface area is 104 Å². The molecule has 0 aliphatic heterocycles. The lowest BCUT2D eigenvalue weighted by molar-refractivity contribution is -0.123. The highest BCUT2D eigenvalue weighted by atomic mass is 16.2. The number of amides is 1. The molecule has 0 aromatic rings. The van der Waals surface area contributed by atoms with Crippen molar-refractivity contribution in [3.05, 3.63) is 0 Å². The zero-order valence-corrected chi connectivity index (χ0v) is 11.1. The van der Waals surface area contributed by atoms with Crippen LogP contribution in [0.5, 0.6) is 0 Å². The monoisotopic (exact) mass is 237 g/mol. The molecule has 0 aromatic heterocycles. The average Bonchev–Trinajstić information content (AvgIpc) is 3.09. The number of nitrogens with one attached hydrogen (secondary N) is 1. The first-order valence-corrected chi connectivity index (χ1v) is 6.42. The molecule has 0 spiro atoms. The molecule has 0 aromatic carbocycles. The van der Waals surface area contributed by atoms with E-state index in [1.165, 1.54) is 0 Å². The largest absolute Gasteiger partial charge is 0.337 e. The van der Waals surface area contributed by atoms with Gasteiger partial charge in [0.25, 0.3) is 0 Å². The molecule has 1 atom stereocenters.